The highest BCUT2D eigenvalue weighted by atomic mass is 32.1. The van der Waals surface area contributed by atoms with Gasteiger partial charge in [-0.05, 0) is 62.6 Å². The number of anilines is 1. The molecular weight excluding hydrogens is 470 g/mol. The lowest BCUT2D eigenvalue weighted by Crippen LogP contribution is -2.33. The van der Waals surface area contributed by atoms with Crippen molar-refractivity contribution in [3.8, 4) is 17.0 Å². The minimum atomic E-state index is 0.187. The highest BCUT2D eigenvalue weighted by Crippen LogP contribution is 2.35. The minimum Gasteiger partial charge on any atom is -0.488 e. The number of piperidine rings is 1. The number of hydrogen-bond donors (Lipinski definition) is 0. The fourth-order valence-electron chi connectivity index (χ4n) is 4.54. The van der Waals surface area contributed by atoms with Crippen LogP contribution in [-0.2, 0) is 22.7 Å². The summed E-state index contributed by atoms with van der Waals surface area (Å²) in [6.45, 7) is 9.05. The summed E-state index contributed by atoms with van der Waals surface area (Å²) in [7, 11) is 3.85. The molecule has 1 aromatic heterocycles. The van der Waals surface area contributed by atoms with Crippen molar-refractivity contribution in [1.82, 2.24) is 9.88 Å². The number of ether oxygens (including phenoxy) is 2. The summed E-state index contributed by atoms with van der Waals surface area (Å²) in [5.41, 5.74) is 6.85. The Morgan fingerprint density at radius 3 is 2.69 bits per heavy atom. The molecule has 0 amide bonds. The smallest absolute Gasteiger partial charge is 0.185 e. The molecule has 1 aliphatic rings. The van der Waals surface area contributed by atoms with Gasteiger partial charge in [0.15, 0.2) is 5.13 Å². The zero-order valence-electron chi connectivity index (χ0n) is 21.8. The van der Waals surface area contributed by atoms with E-state index in [9.17, 15) is 4.79 Å². The van der Waals surface area contributed by atoms with Crippen LogP contribution in [0.25, 0.3) is 11.3 Å². The van der Waals surface area contributed by atoms with Crippen LogP contribution < -0.4 is 9.64 Å². The van der Waals surface area contributed by atoms with Crippen LogP contribution in [0.4, 0.5) is 5.13 Å². The molecule has 192 valence electrons. The molecule has 0 spiro atoms. The number of thiazole rings is 1. The normalized spacial score (nSPS) is 14.4. The molecule has 1 aliphatic heterocycles. The molecule has 1 saturated heterocycles. The molecule has 7 heteroatoms. The predicted molar refractivity (Wildman–Crippen MR) is 147 cm³/mol. The summed E-state index contributed by atoms with van der Waals surface area (Å²) in [6, 6.07) is 12.9. The van der Waals surface area contributed by atoms with Crippen molar-refractivity contribution in [2.75, 3.05) is 45.3 Å². The van der Waals surface area contributed by atoms with Gasteiger partial charge in [-0.25, -0.2) is 4.98 Å². The van der Waals surface area contributed by atoms with E-state index < -0.39 is 0 Å². The Morgan fingerprint density at radius 1 is 1.17 bits per heavy atom. The van der Waals surface area contributed by atoms with E-state index in [-0.39, 0.29) is 5.92 Å². The first-order valence-corrected chi connectivity index (χ1v) is 13.5. The first-order chi connectivity index (χ1) is 17.5. The SMILES string of the molecule is COCCN(C)Cc1ccc(COc2ccc(C)cc2-c2csc(N3CCC(C=O)CC3)n2)c(C)c1. The average Bonchev–Trinajstić information content (AvgIpc) is 3.38. The van der Waals surface area contributed by atoms with Gasteiger partial charge in [0, 0.05) is 50.2 Å². The number of rotatable bonds is 11. The largest absolute Gasteiger partial charge is 0.488 e. The number of likely N-dealkylation sites (N-methyl/N-ethyl adjacent to an activating group) is 1. The van der Waals surface area contributed by atoms with Gasteiger partial charge in [0.25, 0.3) is 0 Å². The number of nitrogens with zero attached hydrogens (tertiary/aromatic N) is 3. The number of carbonyl (C=O) groups excluding carboxylic acids is 1. The van der Waals surface area contributed by atoms with Crippen LogP contribution in [0, 0.1) is 19.8 Å². The fourth-order valence-corrected chi connectivity index (χ4v) is 5.42. The standard InChI is InChI=1S/C29H37N3O3S/c1-21-5-8-28(35-19-25-7-6-24(16-22(25)2)17-31(3)13-14-34-4)26(15-21)27-20-36-29(30-27)32-11-9-23(18-33)10-12-32/h5-8,15-16,18,20,23H,9-14,17,19H2,1-4H3. The van der Waals surface area contributed by atoms with Gasteiger partial charge in [0.05, 0.1) is 12.3 Å². The number of aromatic nitrogens is 1. The molecule has 0 unspecified atom stereocenters. The first kappa shape index (κ1) is 26.3. The third-order valence-corrected chi connectivity index (χ3v) is 7.73. The van der Waals surface area contributed by atoms with Gasteiger partial charge in [-0.1, -0.05) is 29.8 Å². The van der Waals surface area contributed by atoms with E-state index in [1.165, 1.54) is 22.3 Å². The Morgan fingerprint density at radius 2 is 1.97 bits per heavy atom. The zero-order valence-corrected chi connectivity index (χ0v) is 22.6. The molecule has 36 heavy (non-hydrogen) atoms. The predicted octanol–water partition coefficient (Wildman–Crippen LogP) is 5.50. The molecular formula is C29H37N3O3S. The van der Waals surface area contributed by atoms with E-state index >= 15 is 0 Å². The van der Waals surface area contributed by atoms with Crippen molar-refractivity contribution in [3.05, 3.63) is 64.0 Å². The van der Waals surface area contributed by atoms with Crippen molar-refractivity contribution in [3.63, 3.8) is 0 Å². The van der Waals surface area contributed by atoms with Crippen molar-refractivity contribution in [2.45, 2.75) is 39.8 Å². The van der Waals surface area contributed by atoms with Crippen LogP contribution in [0.5, 0.6) is 5.75 Å². The fraction of sp³-hybridized carbons (Fsp3) is 0.448. The van der Waals surface area contributed by atoms with Gasteiger partial charge in [0.1, 0.15) is 18.6 Å². The molecule has 0 N–H and O–H groups in total. The second kappa shape index (κ2) is 12.5. The van der Waals surface area contributed by atoms with Crippen LogP contribution in [0.3, 0.4) is 0 Å². The topological polar surface area (TPSA) is 54.9 Å². The van der Waals surface area contributed by atoms with Crippen LogP contribution in [0.1, 0.15) is 35.1 Å². The van der Waals surface area contributed by atoms with Crippen LogP contribution in [0.15, 0.2) is 41.8 Å². The van der Waals surface area contributed by atoms with Crippen LogP contribution in [0.2, 0.25) is 0 Å². The van der Waals surface area contributed by atoms with E-state index in [1.54, 1.807) is 18.4 Å². The molecule has 0 saturated carbocycles. The molecule has 2 aromatic carbocycles. The van der Waals surface area contributed by atoms with Crippen molar-refractivity contribution in [2.24, 2.45) is 5.92 Å². The first-order valence-electron chi connectivity index (χ1n) is 12.6. The van der Waals surface area contributed by atoms with Crippen molar-refractivity contribution in [1.29, 1.82) is 0 Å². The molecule has 4 rings (SSSR count). The molecule has 0 radical (unpaired) electrons. The summed E-state index contributed by atoms with van der Waals surface area (Å²) in [5, 5.41) is 3.13. The van der Waals surface area contributed by atoms with E-state index in [2.05, 4.69) is 66.4 Å². The summed E-state index contributed by atoms with van der Waals surface area (Å²) >= 11 is 1.66. The van der Waals surface area contributed by atoms with Gasteiger partial charge in [-0.3, -0.25) is 4.90 Å². The molecule has 2 heterocycles. The van der Waals surface area contributed by atoms with Crippen LogP contribution >= 0.6 is 11.3 Å². The number of benzene rings is 2. The molecule has 3 aromatic rings. The maximum Gasteiger partial charge on any atom is 0.185 e. The summed E-state index contributed by atoms with van der Waals surface area (Å²) in [5.74, 6) is 1.03. The molecule has 0 aliphatic carbocycles. The van der Waals surface area contributed by atoms with Gasteiger partial charge in [-0.2, -0.15) is 0 Å². The number of aldehydes is 1. The van der Waals surface area contributed by atoms with Crippen LogP contribution in [-0.4, -0.2) is 56.6 Å². The highest BCUT2D eigenvalue weighted by Gasteiger charge is 2.21. The molecule has 0 atom stereocenters. The Labute approximate surface area is 218 Å². The third kappa shape index (κ3) is 6.72. The van der Waals surface area contributed by atoms with E-state index in [0.717, 1.165) is 74.1 Å². The molecule has 1 fully saturated rings. The lowest BCUT2D eigenvalue weighted by atomic mass is 9.99. The minimum absolute atomic E-state index is 0.187. The van der Waals surface area contributed by atoms with Gasteiger partial charge in [0.2, 0.25) is 0 Å². The molecule has 6 nitrogen and oxygen atoms in total. The number of methoxy groups -OCH3 is 1. The van der Waals surface area contributed by atoms with E-state index in [0.29, 0.717) is 6.61 Å². The average molecular weight is 508 g/mol. The Kier molecular flexibility index (Phi) is 9.13. The lowest BCUT2D eigenvalue weighted by molar-refractivity contribution is -0.111. The van der Waals surface area contributed by atoms with Crippen molar-refractivity contribution >= 4 is 22.8 Å². The van der Waals surface area contributed by atoms with Gasteiger partial charge in [-0.15, -0.1) is 11.3 Å². The van der Waals surface area contributed by atoms with E-state index in [4.69, 9.17) is 14.5 Å². The number of hydrogen-bond acceptors (Lipinski definition) is 7. The monoisotopic (exact) mass is 507 g/mol. The third-order valence-electron chi connectivity index (χ3n) is 6.83. The Balaban J connectivity index is 1.44. The van der Waals surface area contributed by atoms with E-state index in [1.807, 2.05) is 6.07 Å². The highest BCUT2D eigenvalue weighted by molar-refractivity contribution is 7.14. The summed E-state index contributed by atoms with van der Waals surface area (Å²) < 4.78 is 11.5. The number of carbonyl (C=O) groups is 1. The summed E-state index contributed by atoms with van der Waals surface area (Å²) in [4.78, 5) is 20.6. The Hall–Kier alpha value is -2.74. The van der Waals surface area contributed by atoms with Gasteiger partial charge < -0.3 is 19.2 Å². The Bertz CT molecular complexity index is 1150. The maximum atomic E-state index is 11.1. The second-order valence-corrected chi connectivity index (χ2v) is 10.6. The maximum absolute atomic E-state index is 11.1. The zero-order chi connectivity index (χ0) is 25.5. The van der Waals surface area contributed by atoms with Gasteiger partial charge >= 0.3 is 0 Å². The second-order valence-electron chi connectivity index (χ2n) is 9.76. The lowest BCUT2D eigenvalue weighted by Gasteiger charge is -2.29. The quantitative estimate of drug-likeness (QED) is 0.320. The molecule has 0 bridgehead atoms. The summed E-state index contributed by atoms with van der Waals surface area (Å²) in [6.07, 6.45) is 2.90. The van der Waals surface area contributed by atoms with Crippen molar-refractivity contribution < 1.29 is 14.3 Å². The number of aryl methyl sites for hydroxylation is 2.